The number of hydrogen-bond acceptors (Lipinski definition) is 5. The van der Waals surface area contributed by atoms with Crippen molar-refractivity contribution in [3.05, 3.63) is 11.1 Å². The molecule has 0 radical (unpaired) electrons. The van der Waals surface area contributed by atoms with Gasteiger partial charge in [-0.05, 0) is 18.4 Å². The van der Waals surface area contributed by atoms with Crippen molar-refractivity contribution in [3.8, 4) is 0 Å². The first kappa shape index (κ1) is 14.0. The molecule has 2 amide bonds. The lowest BCUT2D eigenvalue weighted by Gasteiger charge is -2.22. The highest BCUT2D eigenvalue weighted by Gasteiger charge is 2.35. The zero-order chi connectivity index (χ0) is 14.0. The van der Waals surface area contributed by atoms with E-state index in [-0.39, 0.29) is 17.2 Å². The van der Waals surface area contributed by atoms with E-state index in [1.54, 1.807) is 10.3 Å². The average Bonchev–Trinajstić information content (AvgIpc) is 2.95. The second-order valence-corrected chi connectivity index (χ2v) is 6.07. The largest absolute Gasteiger partial charge is 0.337 e. The van der Waals surface area contributed by atoms with Crippen molar-refractivity contribution >= 4 is 28.3 Å². The number of amides is 2. The Kier molecular flexibility index (Phi) is 3.86. The zero-order valence-corrected chi connectivity index (χ0v) is 11.9. The fourth-order valence-corrected chi connectivity index (χ4v) is 2.84. The number of aromatic nitrogens is 1. The van der Waals surface area contributed by atoms with Crippen LogP contribution in [-0.2, 0) is 4.79 Å². The van der Waals surface area contributed by atoms with Crippen LogP contribution in [0.15, 0.2) is 5.38 Å². The van der Waals surface area contributed by atoms with Crippen LogP contribution in [0.25, 0.3) is 0 Å². The Morgan fingerprint density at radius 1 is 1.63 bits per heavy atom. The maximum Gasteiger partial charge on any atom is 0.273 e. The van der Waals surface area contributed by atoms with Gasteiger partial charge >= 0.3 is 0 Å². The summed E-state index contributed by atoms with van der Waals surface area (Å²) < 4.78 is 0. The van der Waals surface area contributed by atoms with E-state index in [2.05, 4.69) is 17.2 Å². The van der Waals surface area contributed by atoms with Gasteiger partial charge < -0.3 is 16.0 Å². The molecule has 1 atom stereocenters. The molecule has 2 rings (SSSR count). The summed E-state index contributed by atoms with van der Waals surface area (Å²) in [6, 6.07) is 0. The van der Waals surface area contributed by atoms with Gasteiger partial charge in [-0.1, -0.05) is 6.92 Å². The average molecular weight is 282 g/mol. The summed E-state index contributed by atoms with van der Waals surface area (Å²) in [6.45, 7) is 5.44. The molecule has 1 aliphatic rings. The van der Waals surface area contributed by atoms with Crippen LogP contribution in [0.5, 0.6) is 0 Å². The van der Waals surface area contributed by atoms with E-state index < -0.39 is 0 Å². The molecule has 1 aliphatic heterocycles. The summed E-state index contributed by atoms with van der Waals surface area (Å²) in [7, 11) is 0. The molecular weight excluding hydrogens is 264 g/mol. The highest BCUT2D eigenvalue weighted by Crippen LogP contribution is 2.29. The standard InChI is InChI=1S/C12H18N4O2S/c1-8(17)14-11-15-9(5-19-11)10(18)16-4-3-12(2,6-13)7-16/h5H,3-4,6-7,13H2,1-2H3,(H,14,15,17). The van der Waals surface area contributed by atoms with Crippen LogP contribution >= 0.6 is 11.3 Å². The van der Waals surface area contributed by atoms with E-state index >= 15 is 0 Å². The number of carbonyl (C=O) groups excluding carboxylic acids is 2. The first-order chi connectivity index (χ1) is 8.93. The number of nitrogens with two attached hydrogens (primary N) is 1. The molecule has 19 heavy (non-hydrogen) atoms. The van der Waals surface area contributed by atoms with Crippen LogP contribution in [0.4, 0.5) is 5.13 Å². The molecule has 3 N–H and O–H groups in total. The van der Waals surface area contributed by atoms with Crippen LogP contribution in [0.3, 0.4) is 0 Å². The van der Waals surface area contributed by atoms with Crippen molar-refractivity contribution < 1.29 is 9.59 Å². The van der Waals surface area contributed by atoms with Crippen LogP contribution < -0.4 is 11.1 Å². The minimum Gasteiger partial charge on any atom is -0.337 e. The summed E-state index contributed by atoms with van der Waals surface area (Å²) in [4.78, 5) is 29.1. The molecule has 0 spiro atoms. The van der Waals surface area contributed by atoms with Crippen molar-refractivity contribution in [2.75, 3.05) is 25.0 Å². The summed E-state index contributed by atoms with van der Waals surface area (Å²) >= 11 is 1.26. The van der Waals surface area contributed by atoms with Gasteiger partial charge in [0, 0.05) is 25.4 Å². The molecule has 1 aromatic rings. The highest BCUT2D eigenvalue weighted by molar-refractivity contribution is 7.14. The fraction of sp³-hybridized carbons (Fsp3) is 0.583. The Labute approximate surface area is 116 Å². The maximum absolute atomic E-state index is 12.3. The SMILES string of the molecule is CC(=O)Nc1nc(C(=O)N2CCC(C)(CN)C2)cs1. The van der Waals surface area contributed by atoms with Crippen LogP contribution in [0.2, 0.25) is 0 Å². The van der Waals surface area contributed by atoms with E-state index in [4.69, 9.17) is 5.73 Å². The van der Waals surface area contributed by atoms with Crippen LogP contribution in [0, 0.1) is 5.41 Å². The monoisotopic (exact) mass is 282 g/mol. The van der Waals surface area contributed by atoms with Crippen LogP contribution in [-0.4, -0.2) is 41.3 Å². The first-order valence-corrected chi connectivity index (χ1v) is 7.04. The number of carbonyl (C=O) groups is 2. The third-order valence-corrected chi connectivity index (χ3v) is 4.10. The van der Waals surface area contributed by atoms with Crippen LogP contribution in [0.1, 0.15) is 30.8 Å². The van der Waals surface area contributed by atoms with Gasteiger partial charge in [-0.25, -0.2) is 4.98 Å². The lowest BCUT2D eigenvalue weighted by Crippen LogP contribution is -2.34. The molecule has 0 bridgehead atoms. The van der Waals surface area contributed by atoms with Gasteiger partial charge in [-0.2, -0.15) is 0 Å². The lowest BCUT2D eigenvalue weighted by molar-refractivity contribution is -0.114. The number of thiazole rings is 1. The second kappa shape index (κ2) is 5.26. The van der Waals surface area contributed by atoms with Crippen molar-refractivity contribution in [1.82, 2.24) is 9.88 Å². The minimum atomic E-state index is -0.190. The fourth-order valence-electron chi connectivity index (χ4n) is 2.11. The van der Waals surface area contributed by atoms with Crippen molar-refractivity contribution in [2.24, 2.45) is 11.1 Å². The minimum absolute atomic E-state index is 0.00610. The summed E-state index contributed by atoms with van der Waals surface area (Å²) in [5, 5.41) is 4.70. The predicted octanol–water partition coefficient (Wildman–Crippen LogP) is 0.912. The van der Waals surface area contributed by atoms with Crippen molar-refractivity contribution in [1.29, 1.82) is 0 Å². The topological polar surface area (TPSA) is 88.3 Å². The molecule has 0 aromatic carbocycles. The Morgan fingerprint density at radius 3 is 2.95 bits per heavy atom. The van der Waals surface area contributed by atoms with Gasteiger partial charge in [0.2, 0.25) is 5.91 Å². The molecule has 1 fully saturated rings. The van der Waals surface area contributed by atoms with Gasteiger partial charge in [0.05, 0.1) is 0 Å². The van der Waals surface area contributed by atoms with E-state index in [9.17, 15) is 9.59 Å². The van der Waals surface area contributed by atoms with E-state index in [1.807, 2.05) is 0 Å². The summed E-state index contributed by atoms with van der Waals surface area (Å²) in [6.07, 6.45) is 0.915. The number of likely N-dealkylation sites (tertiary alicyclic amines) is 1. The molecule has 1 unspecified atom stereocenters. The zero-order valence-electron chi connectivity index (χ0n) is 11.1. The number of anilines is 1. The van der Waals surface area contributed by atoms with Crippen molar-refractivity contribution in [3.63, 3.8) is 0 Å². The molecule has 7 heteroatoms. The Hall–Kier alpha value is -1.47. The van der Waals surface area contributed by atoms with Gasteiger partial charge in [-0.15, -0.1) is 11.3 Å². The van der Waals surface area contributed by atoms with Gasteiger partial charge in [0.1, 0.15) is 5.69 Å². The number of nitrogens with one attached hydrogen (secondary N) is 1. The molecule has 0 saturated carbocycles. The molecule has 6 nitrogen and oxygen atoms in total. The summed E-state index contributed by atoms with van der Waals surface area (Å²) in [5.74, 6) is -0.282. The number of hydrogen-bond donors (Lipinski definition) is 2. The van der Waals surface area contributed by atoms with E-state index in [1.165, 1.54) is 18.3 Å². The van der Waals surface area contributed by atoms with E-state index in [0.29, 0.717) is 30.5 Å². The maximum atomic E-state index is 12.3. The molecule has 0 aliphatic carbocycles. The molecular formula is C12H18N4O2S. The quantitative estimate of drug-likeness (QED) is 0.862. The number of nitrogens with zero attached hydrogens (tertiary/aromatic N) is 2. The smallest absolute Gasteiger partial charge is 0.273 e. The molecule has 2 heterocycles. The lowest BCUT2D eigenvalue weighted by atomic mass is 9.90. The Bertz CT molecular complexity index is 502. The Balaban J connectivity index is 2.04. The first-order valence-electron chi connectivity index (χ1n) is 6.16. The third-order valence-electron chi connectivity index (χ3n) is 3.34. The van der Waals surface area contributed by atoms with Gasteiger partial charge in [-0.3, -0.25) is 9.59 Å². The molecule has 1 saturated heterocycles. The predicted molar refractivity (Wildman–Crippen MR) is 74.1 cm³/mol. The number of rotatable bonds is 3. The van der Waals surface area contributed by atoms with Gasteiger partial charge in [0.25, 0.3) is 5.91 Å². The molecule has 104 valence electrons. The van der Waals surface area contributed by atoms with Gasteiger partial charge in [0.15, 0.2) is 5.13 Å². The third kappa shape index (κ3) is 3.10. The van der Waals surface area contributed by atoms with Crippen molar-refractivity contribution in [2.45, 2.75) is 20.3 Å². The molecule has 1 aromatic heterocycles. The second-order valence-electron chi connectivity index (χ2n) is 5.21. The Morgan fingerprint density at radius 2 is 2.37 bits per heavy atom. The normalized spacial score (nSPS) is 22.6. The summed E-state index contributed by atoms with van der Waals surface area (Å²) in [5.41, 5.74) is 6.12. The van der Waals surface area contributed by atoms with E-state index in [0.717, 1.165) is 6.42 Å². The highest BCUT2D eigenvalue weighted by atomic mass is 32.1.